The van der Waals surface area contributed by atoms with Crippen molar-refractivity contribution in [3.05, 3.63) is 118 Å². The summed E-state index contributed by atoms with van der Waals surface area (Å²) in [7, 11) is 0. The van der Waals surface area contributed by atoms with E-state index < -0.39 is 5.41 Å². The highest BCUT2D eigenvalue weighted by atomic mass is 16.3. The smallest absolute Gasteiger partial charge is 0.222 e. The van der Waals surface area contributed by atoms with Crippen LogP contribution in [-0.4, -0.2) is 17.2 Å². The molecule has 0 aromatic carbocycles. The van der Waals surface area contributed by atoms with Gasteiger partial charge in [0.05, 0.1) is 0 Å². The molecule has 0 radical (unpaired) electrons. The van der Waals surface area contributed by atoms with Crippen molar-refractivity contribution in [2.45, 2.75) is 48.5 Å². The quantitative estimate of drug-likeness (QED) is 0.227. The molecule has 0 amide bonds. The average molecular weight is 445 g/mol. The van der Waals surface area contributed by atoms with E-state index in [0.717, 1.165) is 28.6 Å². The van der Waals surface area contributed by atoms with E-state index in [4.69, 9.17) is 0 Å². The Bertz CT molecular complexity index is 1060. The minimum Gasteiger partial charge on any atom is -0.504 e. The summed E-state index contributed by atoms with van der Waals surface area (Å²) in [6, 6.07) is 0. The first-order valence-electron chi connectivity index (χ1n) is 11.0. The van der Waals surface area contributed by atoms with Crippen molar-refractivity contribution in [3.63, 3.8) is 0 Å². The monoisotopic (exact) mass is 444 g/mol. The van der Waals surface area contributed by atoms with Crippen LogP contribution in [0.3, 0.4) is 0 Å². The Morgan fingerprint density at radius 2 is 1.24 bits per heavy atom. The second kappa shape index (κ2) is 13.2. The molecule has 0 spiro atoms. The van der Waals surface area contributed by atoms with Gasteiger partial charge in [0.1, 0.15) is 6.29 Å². The number of hydrogen-bond acceptors (Lipinski definition) is 3. The molecule has 33 heavy (non-hydrogen) atoms. The van der Waals surface area contributed by atoms with E-state index in [1.54, 1.807) is 26.0 Å². The second-order valence-corrected chi connectivity index (χ2v) is 8.82. The molecule has 0 aliphatic heterocycles. The molecule has 0 atom stereocenters. The summed E-state index contributed by atoms with van der Waals surface area (Å²) in [5.41, 5.74) is 5.05. The zero-order chi connectivity index (χ0) is 25.0. The van der Waals surface area contributed by atoms with Crippen molar-refractivity contribution in [1.29, 1.82) is 0 Å². The fourth-order valence-electron chi connectivity index (χ4n) is 3.16. The third kappa shape index (κ3) is 9.69. The highest BCUT2D eigenvalue weighted by Gasteiger charge is 2.30. The van der Waals surface area contributed by atoms with Crippen LogP contribution < -0.4 is 0 Å². The van der Waals surface area contributed by atoms with Crippen molar-refractivity contribution in [3.8, 4) is 0 Å². The zero-order valence-corrected chi connectivity index (χ0v) is 20.8. The minimum atomic E-state index is -0.395. The molecule has 0 fully saturated rings. The summed E-state index contributed by atoms with van der Waals surface area (Å²) in [4.78, 5) is 22.6. The molecule has 0 unspecified atom stereocenters. The lowest BCUT2D eigenvalue weighted by atomic mass is 9.76. The van der Waals surface area contributed by atoms with E-state index in [9.17, 15) is 14.7 Å². The fraction of sp³-hybridized carbons (Fsp3) is 0.267. The molecule has 0 bridgehead atoms. The van der Waals surface area contributed by atoms with Gasteiger partial charge in [-0.25, -0.2) is 0 Å². The minimum absolute atomic E-state index is 0.176. The summed E-state index contributed by atoms with van der Waals surface area (Å²) in [6.45, 7) is 13.5. The molecule has 1 aliphatic rings. The zero-order valence-electron chi connectivity index (χ0n) is 20.8. The molecule has 3 heteroatoms. The molecule has 174 valence electrons. The lowest BCUT2D eigenvalue weighted by Crippen LogP contribution is -2.23. The van der Waals surface area contributed by atoms with E-state index in [1.807, 2.05) is 101 Å². The van der Waals surface area contributed by atoms with Crippen molar-refractivity contribution in [2.24, 2.45) is 5.41 Å². The van der Waals surface area contributed by atoms with Gasteiger partial charge in [-0.2, -0.15) is 0 Å². The molecule has 3 nitrogen and oxygen atoms in total. The summed E-state index contributed by atoms with van der Waals surface area (Å²) in [5.74, 6) is -0.486. The maximum atomic E-state index is 12.1. The van der Waals surface area contributed by atoms with Crippen LogP contribution in [0.5, 0.6) is 0 Å². The Balaban J connectivity index is 2.75. The first-order valence-corrected chi connectivity index (χ1v) is 11.0. The first kappa shape index (κ1) is 27.6. The van der Waals surface area contributed by atoms with Crippen molar-refractivity contribution in [2.75, 3.05) is 0 Å². The van der Waals surface area contributed by atoms with Gasteiger partial charge in [0, 0.05) is 11.0 Å². The van der Waals surface area contributed by atoms with Crippen LogP contribution in [0, 0.1) is 5.41 Å². The number of aliphatic hydroxyl groups is 1. The Kier molecular flexibility index (Phi) is 11.0. The number of aldehydes is 1. The van der Waals surface area contributed by atoms with Gasteiger partial charge in [-0.15, -0.1) is 0 Å². The van der Waals surface area contributed by atoms with Gasteiger partial charge in [0.2, 0.25) is 5.78 Å². The van der Waals surface area contributed by atoms with E-state index in [0.29, 0.717) is 11.1 Å². The second-order valence-electron chi connectivity index (χ2n) is 8.82. The lowest BCUT2D eigenvalue weighted by Gasteiger charge is -2.28. The summed E-state index contributed by atoms with van der Waals surface area (Å²) >= 11 is 0. The average Bonchev–Trinajstić information content (AvgIpc) is 2.74. The van der Waals surface area contributed by atoms with Gasteiger partial charge in [-0.05, 0) is 51.8 Å². The topological polar surface area (TPSA) is 54.4 Å². The molecule has 1 N–H and O–H groups in total. The standard InChI is InChI=1S/C30H36O3/c1-22(12-8-9-13-23(2)15-11-17-25(4)21-31)14-10-16-24(3)18-19-27-26(5)29(33)28(32)20-30(27,6)7/h8-21,32H,1-7H3. The summed E-state index contributed by atoms with van der Waals surface area (Å²) < 4.78 is 0. The molecule has 0 saturated heterocycles. The lowest BCUT2D eigenvalue weighted by molar-refractivity contribution is -0.115. The van der Waals surface area contributed by atoms with Gasteiger partial charge >= 0.3 is 0 Å². The Hall–Kier alpha value is -3.46. The molecule has 0 aromatic heterocycles. The van der Waals surface area contributed by atoms with Gasteiger partial charge in [0.25, 0.3) is 0 Å². The van der Waals surface area contributed by atoms with Crippen molar-refractivity contribution in [1.82, 2.24) is 0 Å². The molecule has 0 saturated carbocycles. The van der Waals surface area contributed by atoms with E-state index in [2.05, 4.69) is 0 Å². The van der Waals surface area contributed by atoms with Crippen LogP contribution >= 0.6 is 0 Å². The number of hydrogen-bond donors (Lipinski definition) is 1. The Morgan fingerprint density at radius 1 is 0.788 bits per heavy atom. The van der Waals surface area contributed by atoms with Crippen molar-refractivity contribution >= 4 is 12.1 Å². The van der Waals surface area contributed by atoms with Crippen LogP contribution in [0.2, 0.25) is 0 Å². The molecule has 0 aromatic rings. The van der Waals surface area contributed by atoms with Gasteiger partial charge < -0.3 is 5.11 Å². The van der Waals surface area contributed by atoms with E-state index in [-0.39, 0.29) is 11.5 Å². The number of aliphatic hydroxyl groups excluding tert-OH is 1. The largest absolute Gasteiger partial charge is 0.504 e. The predicted molar refractivity (Wildman–Crippen MR) is 140 cm³/mol. The van der Waals surface area contributed by atoms with E-state index in [1.165, 1.54) is 0 Å². The Labute approximate surface area is 199 Å². The van der Waals surface area contributed by atoms with Crippen LogP contribution in [0.15, 0.2) is 118 Å². The maximum absolute atomic E-state index is 12.1. The molecule has 1 rings (SSSR count). The third-order valence-corrected chi connectivity index (χ3v) is 5.13. The highest BCUT2D eigenvalue weighted by Crippen LogP contribution is 2.37. The van der Waals surface area contributed by atoms with Gasteiger partial charge in [-0.1, -0.05) is 103 Å². The normalized spacial score (nSPS) is 19.0. The highest BCUT2D eigenvalue weighted by molar-refractivity contribution is 6.08. The van der Waals surface area contributed by atoms with Crippen LogP contribution in [0.25, 0.3) is 0 Å². The fourth-order valence-corrected chi connectivity index (χ4v) is 3.16. The SMILES string of the molecule is CC(C=O)=CC=CC(C)=CC=CC=C(C)C=CC=C(C)C=CC1=C(C)C(=O)C(O)=CC1(C)C. The first-order chi connectivity index (χ1) is 15.5. The number of Topliss-reactive ketones (excluding diaryl/α,β-unsaturated/α-hetero) is 1. The molecular weight excluding hydrogens is 408 g/mol. The number of allylic oxidation sites excluding steroid dienone is 19. The molecule has 0 heterocycles. The summed E-state index contributed by atoms with van der Waals surface area (Å²) in [5, 5.41) is 9.82. The van der Waals surface area contributed by atoms with Crippen LogP contribution in [-0.2, 0) is 9.59 Å². The third-order valence-electron chi connectivity index (χ3n) is 5.13. The van der Waals surface area contributed by atoms with Crippen LogP contribution in [0.1, 0.15) is 48.5 Å². The van der Waals surface area contributed by atoms with Gasteiger partial charge in [-0.3, -0.25) is 9.59 Å². The Morgan fingerprint density at radius 3 is 1.76 bits per heavy atom. The van der Waals surface area contributed by atoms with Crippen LogP contribution in [0.4, 0.5) is 0 Å². The van der Waals surface area contributed by atoms with Crippen molar-refractivity contribution < 1.29 is 14.7 Å². The molecular formula is C30H36O3. The van der Waals surface area contributed by atoms with Gasteiger partial charge in [0.15, 0.2) is 5.76 Å². The number of carbonyl (C=O) groups is 2. The number of ketones is 1. The van der Waals surface area contributed by atoms with E-state index >= 15 is 0 Å². The number of rotatable bonds is 9. The number of carbonyl (C=O) groups excluding carboxylic acids is 2. The maximum Gasteiger partial charge on any atom is 0.222 e. The molecule has 1 aliphatic carbocycles. The predicted octanol–water partition coefficient (Wildman–Crippen LogP) is 7.56. The summed E-state index contributed by atoms with van der Waals surface area (Å²) in [6.07, 6.45) is 26.0.